The minimum atomic E-state index is -0.553. The Kier molecular flexibility index (Phi) is 15.3. The second-order valence-electron chi connectivity index (χ2n) is 8.48. The van der Waals surface area contributed by atoms with E-state index in [9.17, 15) is 9.90 Å². The summed E-state index contributed by atoms with van der Waals surface area (Å²) in [5, 5.41) is 9.89. The van der Waals surface area contributed by atoms with Gasteiger partial charge in [0.15, 0.2) is 0 Å². The number of aliphatic hydroxyl groups excluding tert-OH is 1. The standard InChI is InChI=1S/C22H44O3/c1-5-6-7-8-9-10-11-12-13-14-15-16-17-18-20(23)19-21(24)25-22(2,3)4/h20,23H,5-19H2,1-4H3. The van der Waals surface area contributed by atoms with Gasteiger partial charge < -0.3 is 9.84 Å². The zero-order valence-electron chi connectivity index (χ0n) is 17.4. The van der Waals surface area contributed by atoms with Gasteiger partial charge in [-0.3, -0.25) is 4.79 Å². The van der Waals surface area contributed by atoms with Crippen molar-refractivity contribution in [3.05, 3.63) is 0 Å². The van der Waals surface area contributed by atoms with Crippen LogP contribution < -0.4 is 0 Å². The average molecular weight is 357 g/mol. The Hall–Kier alpha value is -0.570. The summed E-state index contributed by atoms with van der Waals surface area (Å²) in [6.07, 6.45) is 17.5. The first-order valence-corrected chi connectivity index (χ1v) is 10.7. The van der Waals surface area contributed by atoms with Crippen LogP contribution in [0.15, 0.2) is 0 Å². The van der Waals surface area contributed by atoms with Crippen LogP contribution in [0.4, 0.5) is 0 Å². The maximum absolute atomic E-state index is 11.6. The predicted molar refractivity (Wildman–Crippen MR) is 107 cm³/mol. The number of carbonyl (C=O) groups is 1. The summed E-state index contributed by atoms with van der Waals surface area (Å²) >= 11 is 0. The molecule has 0 bridgehead atoms. The summed E-state index contributed by atoms with van der Waals surface area (Å²) < 4.78 is 5.23. The van der Waals surface area contributed by atoms with Gasteiger partial charge in [-0.25, -0.2) is 0 Å². The molecule has 0 aliphatic rings. The highest BCUT2D eigenvalue weighted by Crippen LogP contribution is 2.15. The normalized spacial score (nSPS) is 13.0. The number of esters is 1. The van der Waals surface area contributed by atoms with Gasteiger partial charge in [0.05, 0.1) is 12.5 Å². The Balaban J connectivity index is 3.31. The second kappa shape index (κ2) is 15.7. The fraction of sp³-hybridized carbons (Fsp3) is 0.955. The lowest BCUT2D eigenvalue weighted by molar-refractivity contribution is -0.157. The van der Waals surface area contributed by atoms with Crippen molar-refractivity contribution in [2.45, 2.75) is 136 Å². The minimum Gasteiger partial charge on any atom is -0.460 e. The molecule has 25 heavy (non-hydrogen) atoms. The van der Waals surface area contributed by atoms with Crippen LogP contribution >= 0.6 is 0 Å². The van der Waals surface area contributed by atoms with Gasteiger partial charge in [-0.15, -0.1) is 0 Å². The molecule has 0 fully saturated rings. The fourth-order valence-corrected chi connectivity index (χ4v) is 3.08. The highest BCUT2D eigenvalue weighted by molar-refractivity contribution is 5.70. The van der Waals surface area contributed by atoms with Crippen LogP contribution in [-0.4, -0.2) is 22.8 Å². The maximum Gasteiger partial charge on any atom is 0.308 e. The predicted octanol–water partition coefficient (Wildman–Crippen LogP) is 6.56. The number of unbranched alkanes of at least 4 members (excludes halogenated alkanes) is 12. The minimum absolute atomic E-state index is 0.121. The highest BCUT2D eigenvalue weighted by atomic mass is 16.6. The van der Waals surface area contributed by atoms with Crippen molar-refractivity contribution in [2.75, 3.05) is 0 Å². The molecule has 1 N–H and O–H groups in total. The molecule has 1 unspecified atom stereocenters. The summed E-state index contributed by atoms with van der Waals surface area (Å²) in [4.78, 5) is 11.6. The van der Waals surface area contributed by atoms with Crippen LogP contribution in [0.1, 0.15) is 124 Å². The van der Waals surface area contributed by atoms with Gasteiger partial charge in [-0.05, 0) is 27.2 Å². The first-order chi connectivity index (χ1) is 11.8. The Morgan fingerprint density at radius 2 is 1.20 bits per heavy atom. The second-order valence-corrected chi connectivity index (χ2v) is 8.48. The summed E-state index contributed by atoms with van der Waals surface area (Å²) in [5.74, 6) is -0.297. The topological polar surface area (TPSA) is 46.5 Å². The molecule has 150 valence electrons. The number of aliphatic hydroxyl groups is 1. The van der Waals surface area contributed by atoms with Gasteiger partial charge >= 0.3 is 5.97 Å². The molecule has 0 saturated carbocycles. The van der Waals surface area contributed by atoms with Crippen LogP contribution in [0.3, 0.4) is 0 Å². The van der Waals surface area contributed by atoms with Crippen LogP contribution in [0.2, 0.25) is 0 Å². The van der Waals surface area contributed by atoms with Crippen LogP contribution in [0.25, 0.3) is 0 Å². The molecule has 0 saturated heterocycles. The molecule has 0 aromatic heterocycles. The molecule has 0 rings (SSSR count). The van der Waals surface area contributed by atoms with E-state index in [1.807, 2.05) is 20.8 Å². The SMILES string of the molecule is CCCCCCCCCCCCCCCC(O)CC(=O)OC(C)(C)C. The third-order valence-electron chi connectivity index (χ3n) is 4.46. The van der Waals surface area contributed by atoms with E-state index in [0.717, 1.165) is 12.8 Å². The maximum atomic E-state index is 11.6. The number of ether oxygens (including phenoxy) is 1. The Labute approximate surface area is 156 Å². The lowest BCUT2D eigenvalue weighted by Crippen LogP contribution is -2.26. The van der Waals surface area contributed by atoms with E-state index in [1.54, 1.807) is 0 Å². The molecular weight excluding hydrogens is 312 g/mol. The van der Waals surface area contributed by atoms with Gasteiger partial charge in [-0.2, -0.15) is 0 Å². The van der Waals surface area contributed by atoms with Gasteiger partial charge in [0.25, 0.3) is 0 Å². The number of carbonyl (C=O) groups excluding carboxylic acids is 1. The summed E-state index contributed by atoms with van der Waals surface area (Å²) in [6.45, 7) is 7.82. The third-order valence-corrected chi connectivity index (χ3v) is 4.46. The molecule has 0 aromatic rings. The molecule has 0 aliphatic carbocycles. The van der Waals surface area contributed by atoms with Gasteiger partial charge in [0.1, 0.15) is 5.60 Å². The van der Waals surface area contributed by atoms with Crippen molar-refractivity contribution in [1.82, 2.24) is 0 Å². The molecule has 0 radical (unpaired) electrons. The molecule has 0 heterocycles. The first-order valence-electron chi connectivity index (χ1n) is 10.7. The zero-order valence-corrected chi connectivity index (χ0v) is 17.4. The molecule has 1 atom stereocenters. The van der Waals surface area contributed by atoms with Crippen molar-refractivity contribution in [3.63, 3.8) is 0 Å². The van der Waals surface area contributed by atoms with Crippen LogP contribution in [-0.2, 0) is 9.53 Å². The van der Waals surface area contributed by atoms with E-state index in [4.69, 9.17) is 4.74 Å². The Morgan fingerprint density at radius 1 is 0.800 bits per heavy atom. The highest BCUT2D eigenvalue weighted by Gasteiger charge is 2.18. The van der Waals surface area contributed by atoms with Gasteiger partial charge in [0, 0.05) is 0 Å². The Bertz CT molecular complexity index is 307. The smallest absolute Gasteiger partial charge is 0.308 e. The van der Waals surface area contributed by atoms with E-state index >= 15 is 0 Å². The largest absolute Gasteiger partial charge is 0.460 e. The zero-order chi connectivity index (χ0) is 19.0. The molecule has 0 spiro atoms. The Morgan fingerprint density at radius 3 is 1.60 bits per heavy atom. The molecule has 0 aromatic carbocycles. The number of hydrogen-bond acceptors (Lipinski definition) is 3. The molecule has 0 amide bonds. The monoisotopic (exact) mass is 356 g/mol. The van der Waals surface area contributed by atoms with E-state index in [0.29, 0.717) is 6.42 Å². The molecule has 3 nitrogen and oxygen atoms in total. The summed E-state index contributed by atoms with van der Waals surface area (Å²) in [7, 11) is 0. The lowest BCUT2D eigenvalue weighted by atomic mass is 10.0. The molecular formula is C22H44O3. The molecule has 3 heteroatoms. The fourth-order valence-electron chi connectivity index (χ4n) is 3.08. The summed E-state index contributed by atoms with van der Waals surface area (Å²) in [5.41, 5.74) is -0.466. The van der Waals surface area contributed by atoms with Gasteiger partial charge in [0.2, 0.25) is 0 Å². The van der Waals surface area contributed by atoms with Crippen molar-refractivity contribution >= 4 is 5.97 Å². The van der Waals surface area contributed by atoms with Crippen LogP contribution in [0, 0.1) is 0 Å². The quantitative estimate of drug-likeness (QED) is 0.251. The van der Waals surface area contributed by atoms with E-state index in [2.05, 4.69) is 6.92 Å². The third kappa shape index (κ3) is 19.6. The van der Waals surface area contributed by atoms with Crippen molar-refractivity contribution in [2.24, 2.45) is 0 Å². The van der Waals surface area contributed by atoms with Gasteiger partial charge in [-0.1, -0.05) is 90.4 Å². The van der Waals surface area contributed by atoms with Crippen molar-refractivity contribution < 1.29 is 14.6 Å². The average Bonchev–Trinajstić information content (AvgIpc) is 2.49. The molecule has 0 aliphatic heterocycles. The van der Waals surface area contributed by atoms with E-state index in [-0.39, 0.29) is 12.4 Å². The summed E-state index contributed by atoms with van der Waals surface area (Å²) in [6, 6.07) is 0. The van der Waals surface area contributed by atoms with Crippen molar-refractivity contribution in [1.29, 1.82) is 0 Å². The number of hydrogen-bond donors (Lipinski definition) is 1. The van der Waals surface area contributed by atoms with E-state index in [1.165, 1.54) is 70.6 Å². The first kappa shape index (κ1) is 24.4. The lowest BCUT2D eigenvalue weighted by Gasteiger charge is -2.20. The van der Waals surface area contributed by atoms with E-state index < -0.39 is 11.7 Å². The number of rotatable bonds is 16. The van der Waals surface area contributed by atoms with Crippen molar-refractivity contribution in [3.8, 4) is 0 Å². The van der Waals surface area contributed by atoms with Crippen LogP contribution in [0.5, 0.6) is 0 Å².